The highest BCUT2D eigenvalue weighted by Gasteiger charge is 2.32. The average Bonchev–Trinajstić information content (AvgIpc) is 2.89. The van der Waals surface area contributed by atoms with E-state index in [9.17, 15) is 9.59 Å². The van der Waals surface area contributed by atoms with Crippen LogP contribution >= 0.6 is 0 Å². The van der Waals surface area contributed by atoms with Crippen molar-refractivity contribution >= 4 is 11.9 Å². The normalized spacial score (nSPS) is 17.3. The summed E-state index contributed by atoms with van der Waals surface area (Å²) in [5, 5.41) is 3.08. The second-order valence-corrected chi connectivity index (χ2v) is 6.39. The lowest BCUT2D eigenvalue weighted by Crippen LogP contribution is -2.32. The van der Waals surface area contributed by atoms with Crippen molar-refractivity contribution in [3.63, 3.8) is 0 Å². The highest BCUT2D eigenvalue weighted by atomic mass is 16.5. The summed E-state index contributed by atoms with van der Waals surface area (Å²) in [6, 6.07) is 17.1. The van der Waals surface area contributed by atoms with E-state index in [-0.39, 0.29) is 30.3 Å². The average molecular weight is 323 g/mol. The molecule has 0 bridgehead atoms. The molecule has 24 heavy (non-hydrogen) atoms. The molecular weight excluding hydrogens is 302 g/mol. The van der Waals surface area contributed by atoms with Crippen molar-refractivity contribution in [3.05, 3.63) is 71.3 Å². The first-order valence-electron chi connectivity index (χ1n) is 8.20. The zero-order valence-corrected chi connectivity index (χ0v) is 13.9. The number of benzene rings is 2. The molecule has 3 rings (SSSR count). The van der Waals surface area contributed by atoms with Crippen LogP contribution in [0.1, 0.15) is 53.9 Å². The van der Waals surface area contributed by atoms with Gasteiger partial charge in [-0.1, -0.05) is 62.4 Å². The zero-order chi connectivity index (χ0) is 17.1. The lowest BCUT2D eigenvalue weighted by molar-refractivity contribution is -0.124. The van der Waals surface area contributed by atoms with Crippen LogP contribution in [0.2, 0.25) is 0 Å². The summed E-state index contributed by atoms with van der Waals surface area (Å²) in [5.41, 5.74) is 2.42. The van der Waals surface area contributed by atoms with Gasteiger partial charge < -0.3 is 10.1 Å². The fraction of sp³-hybridized carbons (Fsp3) is 0.300. The Morgan fingerprint density at radius 2 is 1.75 bits per heavy atom. The van der Waals surface area contributed by atoms with Crippen LogP contribution < -0.4 is 5.32 Å². The summed E-state index contributed by atoms with van der Waals surface area (Å²) in [6.07, 6.45) is -0.365. The number of cyclic esters (lactones) is 1. The fourth-order valence-corrected chi connectivity index (χ4v) is 3.07. The van der Waals surface area contributed by atoms with Gasteiger partial charge in [0.05, 0.1) is 18.0 Å². The molecule has 1 aliphatic rings. The van der Waals surface area contributed by atoms with E-state index in [0.717, 1.165) is 11.1 Å². The van der Waals surface area contributed by atoms with Gasteiger partial charge in [-0.2, -0.15) is 0 Å². The summed E-state index contributed by atoms with van der Waals surface area (Å²) in [7, 11) is 0. The van der Waals surface area contributed by atoms with Crippen molar-refractivity contribution in [2.24, 2.45) is 5.92 Å². The predicted octanol–water partition coefficient (Wildman–Crippen LogP) is 3.80. The van der Waals surface area contributed by atoms with Crippen molar-refractivity contribution < 1.29 is 14.3 Å². The van der Waals surface area contributed by atoms with E-state index in [1.807, 2.05) is 42.5 Å². The molecule has 0 aromatic heterocycles. The third-order valence-corrected chi connectivity index (χ3v) is 4.29. The first-order chi connectivity index (χ1) is 11.6. The quantitative estimate of drug-likeness (QED) is 0.852. The second kappa shape index (κ2) is 6.87. The minimum atomic E-state index is -0.503. The van der Waals surface area contributed by atoms with Gasteiger partial charge in [0, 0.05) is 5.56 Å². The van der Waals surface area contributed by atoms with Crippen molar-refractivity contribution in [1.29, 1.82) is 0 Å². The number of amides is 1. The van der Waals surface area contributed by atoms with Gasteiger partial charge in [-0.15, -0.1) is 0 Å². The SMILES string of the molecule is CC(C)[C@H](NC(=O)C[C@H]1OC(=O)c2ccccc21)c1ccccc1. The molecule has 0 radical (unpaired) electrons. The van der Waals surface area contributed by atoms with Gasteiger partial charge in [-0.05, 0) is 17.5 Å². The second-order valence-electron chi connectivity index (χ2n) is 6.39. The van der Waals surface area contributed by atoms with Crippen LogP contribution in [0.25, 0.3) is 0 Å². The molecule has 1 aliphatic heterocycles. The maximum Gasteiger partial charge on any atom is 0.339 e. The number of hydrogen-bond donors (Lipinski definition) is 1. The van der Waals surface area contributed by atoms with Crippen LogP contribution in [0.5, 0.6) is 0 Å². The number of carbonyl (C=O) groups excluding carboxylic acids is 2. The molecule has 0 spiro atoms. The van der Waals surface area contributed by atoms with Gasteiger partial charge in [-0.3, -0.25) is 4.79 Å². The largest absolute Gasteiger partial charge is 0.453 e. The molecule has 2 aromatic carbocycles. The van der Waals surface area contributed by atoms with Crippen molar-refractivity contribution in [3.8, 4) is 0 Å². The Morgan fingerprint density at radius 3 is 2.46 bits per heavy atom. The first kappa shape index (κ1) is 16.2. The van der Waals surface area contributed by atoms with E-state index in [4.69, 9.17) is 4.74 Å². The van der Waals surface area contributed by atoms with Gasteiger partial charge in [0.25, 0.3) is 0 Å². The van der Waals surface area contributed by atoms with E-state index >= 15 is 0 Å². The number of ether oxygens (including phenoxy) is 1. The van der Waals surface area contributed by atoms with Crippen molar-refractivity contribution in [1.82, 2.24) is 5.32 Å². The van der Waals surface area contributed by atoms with E-state index in [0.29, 0.717) is 5.56 Å². The molecule has 2 atom stereocenters. The Hall–Kier alpha value is -2.62. The third-order valence-electron chi connectivity index (χ3n) is 4.29. The molecule has 4 heteroatoms. The summed E-state index contributed by atoms with van der Waals surface area (Å²) in [6.45, 7) is 4.14. The smallest absolute Gasteiger partial charge is 0.339 e. The van der Waals surface area contributed by atoms with Gasteiger partial charge in [-0.25, -0.2) is 4.79 Å². The molecule has 2 aromatic rings. The third kappa shape index (κ3) is 3.32. The number of nitrogens with one attached hydrogen (secondary N) is 1. The Labute approximate surface area is 141 Å². The molecule has 0 fully saturated rings. The standard InChI is InChI=1S/C20H21NO3/c1-13(2)19(14-8-4-3-5-9-14)21-18(22)12-17-15-10-6-7-11-16(15)20(23)24-17/h3-11,13,17,19H,12H2,1-2H3,(H,21,22)/t17-,19+/m1/s1. The maximum atomic E-state index is 12.5. The van der Waals surface area contributed by atoms with Crippen LogP contribution in [0, 0.1) is 5.92 Å². The number of fused-ring (bicyclic) bond motifs is 1. The monoisotopic (exact) mass is 323 g/mol. The van der Waals surface area contributed by atoms with E-state index < -0.39 is 6.10 Å². The van der Waals surface area contributed by atoms with E-state index in [1.165, 1.54) is 0 Å². The molecule has 4 nitrogen and oxygen atoms in total. The summed E-state index contributed by atoms with van der Waals surface area (Å²) < 4.78 is 5.35. The van der Waals surface area contributed by atoms with Crippen LogP contribution in [0.3, 0.4) is 0 Å². The molecular formula is C20H21NO3. The minimum absolute atomic E-state index is 0.0638. The highest BCUT2D eigenvalue weighted by molar-refractivity contribution is 5.94. The van der Waals surface area contributed by atoms with Crippen LogP contribution in [0.4, 0.5) is 0 Å². The number of esters is 1. The van der Waals surface area contributed by atoms with Gasteiger partial charge >= 0.3 is 5.97 Å². The van der Waals surface area contributed by atoms with Crippen molar-refractivity contribution in [2.75, 3.05) is 0 Å². The number of hydrogen-bond acceptors (Lipinski definition) is 3. The molecule has 0 saturated heterocycles. The molecule has 1 N–H and O–H groups in total. The summed E-state index contributed by atoms with van der Waals surface area (Å²) in [4.78, 5) is 24.4. The zero-order valence-electron chi connectivity index (χ0n) is 13.9. The molecule has 0 unspecified atom stereocenters. The Kier molecular flexibility index (Phi) is 4.65. The van der Waals surface area contributed by atoms with Crippen LogP contribution in [-0.2, 0) is 9.53 Å². The predicted molar refractivity (Wildman–Crippen MR) is 91.4 cm³/mol. The number of carbonyl (C=O) groups is 2. The van der Waals surface area contributed by atoms with Crippen LogP contribution in [0.15, 0.2) is 54.6 Å². The number of rotatable bonds is 5. The highest BCUT2D eigenvalue weighted by Crippen LogP contribution is 2.33. The minimum Gasteiger partial charge on any atom is -0.453 e. The molecule has 1 heterocycles. The fourth-order valence-electron chi connectivity index (χ4n) is 3.07. The summed E-state index contributed by atoms with van der Waals surface area (Å²) in [5.74, 6) is -0.214. The lowest BCUT2D eigenvalue weighted by atomic mass is 9.95. The Bertz CT molecular complexity index is 740. The van der Waals surface area contributed by atoms with Crippen LogP contribution in [-0.4, -0.2) is 11.9 Å². The summed E-state index contributed by atoms with van der Waals surface area (Å²) >= 11 is 0. The molecule has 124 valence electrons. The molecule has 0 aliphatic carbocycles. The maximum absolute atomic E-state index is 12.5. The van der Waals surface area contributed by atoms with Gasteiger partial charge in [0.15, 0.2) is 0 Å². The lowest BCUT2D eigenvalue weighted by Gasteiger charge is -2.23. The van der Waals surface area contributed by atoms with Gasteiger partial charge in [0.2, 0.25) is 5.91 Å². The molecule has 1 amide bonds. The Morgan fingerprint density at radius 1 is 1.08 bits per heavy atom. The van der Waals surface area contributed by atoms with E-state index in [1.54, 1.807) is 12.1 Å². The topological polar surface area (TPSA) is 55.4 Å². The Balaban J connectivity index is 1.70. The van der Waals surface area contributed by atoms with Gasteiger partial charge in [0.1, 0.15) is 6.10 Å². The van der Waals surface area contributed by atoms with Crippen molar-refractivity contribution in [2.45, 2.75) is 32.4 Å². The first-order valence-corrected chi connectivity index (χ1v) is 8.20. The van der Waals surface area contributed by atoms with E-state index in [2.05, 4.69) is 19.2 Å². The molecule has 0 saturated carbocycles.